The first-order valence-corrected chi connectivity index (χ1v) is 7.67. The standard InChI is InChI=1S/C18H15FN4O2/c1-10(24)23-17-7-15-14(6-12(17)8-21-23)20-9-16(22-15)11-3-4-18(25-2)13(19)5-11/h3-9,20-21H,1-2H3. The van der Waals surface area contributed by atoms with Crippen LogP contribution >= 0.6 is 0 Å². The lowest BCUT2D eigenvalue weighted by atomic mass is 10.1. The molecule has 4 rings (SSSR count). The first kappa shape index (κ1) is 15.2. The van der Waals surface area contributed by atoms with E-state index in [1.165, 1.54) is 25.1 Å². The van der Waals surface area contributed by atoms with Crippen LogP contribution in [0.5, 0.6) is 5.75 Å². The Morgan fingerprint density at radius 3 is 2.80 bits per heavy atom. The zero-order chi connectivity index (χ0) is 17.6. The van der Waals surface area contributed by atoms with E-state index < -0.39 is 5.82 Å². The van der Waals surface area contributed by atoms with Gasteiger partial charge in [-0.1, -0.05) is 0 Å². The maximum Gasteiger partial charge on any atom is 0.242 e. The number of nitrogens with one attached hydrogen (secondary N) is 2. The quantitative estimate of drug-likeness (QED) is 0.871. The SMILES string of the molecule is COc1ccc(C2=CNc3cc4c(cc3=N2)N(C(C)=O)NC=4)cc1F. The number of carbonyl (C=O) groups is 1. The molecule has 0 bridgehead atoms. The van der Waals surface area contributed by atoms with Crippen LogP contribution in [0.15, 0.2) is 41.5 Å². The Kier molecular flexibility index (Phi) is 3.42. The van der Waals surface area contributed by atoms with E-state index in [0.717, 1.165) is 16.6 Å². The molecule has 0 unspecified atom stereocenters. The molecular weight excluding hydrogens is 323 g/mol. The number of rotatable bonds is 2. The van der Waals surface area contributed by atoms with Gasteiger partial charge in [-0.05, 0) is 30.3 Å². The van der Waals surface area contributed by atoms with Crippen molar-refractivity contribution in [3.05, 3.63) is 58.5 Å². The predicted molar refractivity (Wildman–Crippen MR) is 92.5 cm³/mol. The van der Waals surface area contributed by atoms with Crippen molar-refractivity contribution in [1.29, 1.82) is 0 Å². The number of methoxy groups -OCH3 is 1. The molecule has 2 aliphatic heterocycles. The summed E-state index contributed by atoms with van der Waals surface area (Å²) in [5.74, 6) is -0.380. The minimum Gasteiger partial charge on any atom is -0.494 e. The summed E-state index contributed by atoms with van der Waals surface area (Å²) >= 11 is 0. The molecule has 2 aromatic rings. The topological polar surface area (TPSA) is 66.0 Å². The molecule has 2 N–H and O–H groups in total. The summed E-state index contributed by atoms with van der Waals surface area (Å²) in [6.45, 7) is 1.48. The maximum absolute atomic E-state index is 14.0. The van der Waals surface area contributed by atoms with Gasteiger partial charge in [0.2, 0.25) is 5.91 Å². The third-order valence-electron chi connectivity index (χ3n) is 4.10. The Morgan fingerprint density at radius 1 is 1.24 bits per heavy atom. The molecule has 126 valence electrons. The molecule has 0 radical (unpaired) electrons. The Balaban J connectivity index is 1.78. The fourth-order valence-corrected chi connectivity index (χ4v) is 2.86. The number of benzene rings is 2. The van der Waals surface area contributed by atoms with Crippen LogP contribution in [0.3, 0.4) is 0 Å². The van der Waals surface area contributed by atoms with Gasteiger partial charge in [-0.15, -0.1) is 0 Å². The molecule has 0 saturated carbocycles. The van der Waals surface area contributed by atoms with Crippen molar-refractivity contribution in [3.8, 4) is 5.75 Å². The third kappa shape index (κ3) is 2.50. The Bertz CT molecular complexity index is 1050. The first-order valence-electron chi connectivity index (χ1n) is 7.67. The van der Waals surface area contributed by atoms with Crippen molar-refractivity contribution in [2.45, 2.75) is 6.92 Å². The van der Waals surface area contributed by atoms with Crippen LogP contribution in [0.2, 0.25) is 0 Å². The number of nitrogens with zero attached hydrogens (tertiary/aromatic N) is 2. The van der Waals surface area contributed by atoms with Gasteiger partial charge in [0.15, 0.2) is 11.6 Å². The monoisotopic (exact) mass is 338 g/mol. The maximum atomic E-state index is 14.0. The number of amides is 1. The number of carbonyl (C=O) groups excluding carboxylic acids is 1. The summed E-state index contributed by atoms with van der Waals surface area (Å²) in [5.41, 5.74) is 5.70. The molecule has 6 nitrogen and oxygen atoms in total. The van der Waals surface area contributed by atoms with Crippen molar-refractivity contribution in [2.24, 2.45) is 4.99 Å². The number of hydrogen-bond donors (Lipinski definition) is 2. The smallest absolute Gasteiger partial charge is 0.242 e. The van der Waals surface area contributed by atoms with Gasteiger partial charge in [0, 0.05) is 30.1 Å². The van der Waals surface area contributed by atoms with E-state index in [1.807, 2.05) is 12.1 Å². The largest absolute Gasteiger partial charge is 0.494 e. The molecule has 0 aliphatic carbocycles. The average Bonchev–Trinajstić information content (AvgIpc) is 3.02. The van der Waals surface area contributed by atoms with Crippen LogP contribution in [0.25, 0.3) is 11.9 Å². The van der Waals surface area contributed by atoms with Crippen molar-refractivity contribution >= 4 is 29.2 Å². The number of hydrogen-bond acceptors (Lipinski definition) is 5. The second kappa shape index (κ2) is 5.62. The van der Waals surface area contributed by atoms with Gasteiger partial charge < -0.3 is 10.1 Å². The molecule has 7 heteroatoms. The van der Waals surface area contributed by atoms with Crippen molar-refractivity contribution in [3.63, 3.8) is 0 Å². The van der Waals surface area contributed by atoms with Gasteiger partial charge in [-0.3, -0.25) is 10.2 Å². The van der Waals surface area contributed by atoms with Gasteiger partial charge in [-0.25, -0.2) is 14.4 Å². The first-order chi connectivity index (χ1) is 12.1. The summed E-state index contributed by atoms with van der Waals surface area (Å²) in [6, 6.07) is 8.42. The molecule has 2 aliphatic rings. The van der Waals surface area contributed by atoms with Gasteiger partial charge in [0.1, 0.15) is 0 Å². The van der Waals surface area contributed by atoms with Crippen LogP contribution in [0.4, 0.5) is 15.8 Å². The fourth-order valence-electron chi connectivity index (χ4n) is 2.86. The van der Waals surface area contributed by atoms with Gasteiger partial charge in [0.25, 0.3) is 0 Å². The molecule has 1 amide bonds. The van der Waals surface area contributed by atoms with E-state index in [1.54, 1.807) is 24.5 Å². The van der Waals surface area contributed by atoms with Crippen LogP contribution in [0.1, 0.15) is 12.5 Å². The minimum atomic E-state index is -0.447. The molecule has 0 spiro atoms. The summed E-state index contributed by atoms with van der Waals surface area (Å²) < 4.78 is 18.9. The summed E-state index contributed by atoms with van der Waals surface area (Å²) in [6.07, 6.45) is 3.48. The zero-order valence-electron chi connectivity index (χ0n) is 13.6. The van der Waals surface area contributed by atoms with Crippen LogP contribution in [0, 0.1) is 5.82 Å². The third-order valence-corrected chi connectivity index (χ3v) is 4.10. The molecule has 0 fully saturated rings. The highest BCUT2D eigenvalue weighted by atomic mass is 19.1. The van der Waals surface area contributed by atoms with Gasteiger partial charge in [0.05, 0.1) is 29.5 Å². The van der Waals surface area contributed by atoms with E-state index in [0.29, 0.717) is 16.6 Å². The lowest BCUT2D eigenvalue weighted by Gasteiger charge is -2.17. The van der Waals surface area contributed by atoms with Gasteiger partial charge >= 0.3 is 0 Å². The Morgan fingerprint density at radius 2 is 2.08 bits per heavy atom. The highest BCUT2D eigenvalue weighted by Gasteiger charge is 2.19. The van der Waals surface area contributed by atoms with Crippen LogP contribution in [-0.2, 0) is 4.79 Å². The Hall–Kier alpha value is -3.35. The van der Waals surface area contributed by atoms with Crippen molar-refractivity contribution < 1.29 is 13.9 Å². The molecule has 0 saturated heterocycles. The van der Waals surface area contributed by atoms with E-state index in [2.05, 4.69) is 15.7 Å². The van der Waals surface area contributed by atoms with Crippen molar-refractivity contribution in [1.82, 2.24) is 5.43 Å². The van der Waals surface area contributed by atoms with E-state index in [-0.39, 0.29) is 11.7 Å². The molecule has 0 aromatic heterocycles. The number of ether oxygens (including phenoxy) is 1. The molecule has 2 aromatic carbocycles. The van der Waals surface area contributed by atoms with E-state index in [4.69, 9.17) is 4.74 Å². The van der Waals surface area contributed by atoms with Crippen LogP contribution in [-0.4, -0.2) is 13.0 Å². The summed E-state index contributed by atoms with van der Waals surface area (Å²) in [4.78, 5) is 16.3. The predicted octanol–water partition coefficient (Wildman–Crippen LogP) is 1.49. The Labute approximate surface area is 142 Å². The molecular formula is C18H15FN4O2. The van der Waals surface area contributed by atoms with Gasteiger partial charge in [-0.2, -0.15) is 0 Å². The normalized spacial score (nSPS) is 14.2. The highest BCUT2D eigenvalue weighted by molar-refractivity contribution is 5.93. The zero-order valence-corrected chi connectivity index (χ0v) is 13.6. The lowest BCUT2D eigenvalue weighted by molar-refractivity contribution is -0.116. The van der Waals surface area contributed by atoms with Crippen LogP contribution < -0.4 is 31.1 Å². The minimum absolute atomic E-state index is 0.119. The van der Waals surface area contributed by atoms with E-state index >= 15 is 0 Å². The summed E-state index contributed by atoms with van der Waals surface area (Å²) in [7, 11) is 1.42. The molecule has 25 heavy (non-hydrogen) atoms. The summed E-state index contributed by atoms with van der Waals surface area (Å²) in [5, 5.41) is 6.20. The lowest BCUT2D eigenvalue weighted by Crippen LogP contribution is -2.36. The number of fused-ring (bicyclic) bond motifs is 2. The highest BCUT2D eigenvalue weighted by Crippen LogP contribution is 2.25. The fraction of sp³-hybridized carbons (Fsp3) is 0.111. The average molecular weight is 338 g/mol. The van der Waals surface area contributed by atoms with E-state index in [9.17, 15) is 9.18 Å². The second-order valence-electron chi connectivity index (χ2n) is 5.69. The number of halogens is 1. The van der Waals surface area contributed by atoms with Crippen molar-refractivity contribution in [2.75, 3.05) is 17.4 Å². The number of anilines is 2. The molecule has 2 heterocycles. The molecule has 0 atom stereocenters. The number of hydrazine groups is 1. The second-order valence-corrected chi connectivity index (χ2v) is 5.69.